The van der Waals surface area contributed by atoms with E-state index in [0.29, 0.717) is 56.6 Å². The van der Waals surface area contributed by atoms with Gasteiger partial charge in [-0.1, -0.05) is 64.8 Å². The highest BCUT2D eigenvalue weighted by Gasteiger charge is 2.40. The summed E-state index contributed by atoms with van der Waals surface area (Å²) < 4.78 is 18.9. The maximum Gasteiger partial charge on any atom is 0.407 e. The summed E-state index contributed by atoms with van der Waals surface area (Å²) in [6, 6.07) is 20.1. The SMILES string of the molecule is CC[C@H](C)CC(=O)N1CCC[C@H]1C(=O)Nc1ccc([C@H]2CC[C@H](c3ccc(NC(=O)[C@@H]4CCCN4C(=O)[C@@H](NC(=O)OC)[C@@H](C)CC)cc3)N2c2ccc(F)cc2)cc1. The molecule has 0 bridgehead atoms. The molecular weight excluding hydrogens is 752 g/mol. The molecule has 3 fully saturated rings. The fourth-order valence-electron chi connectivity index (χ4n) is 8.72. The summed E-state index contributed by atoms with van der Waals surface area (Å²) in [6.45, 7) is 8.98. The summed E-state index contributed by atoms with van der Waals surface area (Å²) in [6.07, 6.45) is 5.64. The zero-order valence-corrected chi connectivity index (χ0v) is 34.9. The van der Waals surface area contributed by atoms with Crippen LogP contribution in [0.15, 0.2) is 72.8 Å². The minimum atomic E-state index is -0.802. The molecule has 12 nitrogen and oxygen atoms in total. The topological polar surface area (TPSA) is 140 Å². The molecule has 0 aliphatic carbocycles. The number of hydrogen-bond donors (Lipinski definition) is 3. The van der Waals surface area contributed by atoms with Gasteiger partial charge in [-0.2, -0.15) is 0 Å². The number of halogens is 1. The molecule has 3 N–H and O–H groups in total. The Balaban J connectivity index is 1.13. The summed E-state index contributed by atoms with van der Waals surface area (Å²) in [7, 11) is 1.25. The number of ether oxygens (including phenoxy) is 1. The van der Waals surface area contributed by atoms with Crippen molar-refractivity contribution >= 4 is 46.8 Å². The summed E-state index contributed by atoms with van der Waals surface area (Å²) in [5, 5.41) is 8.72. The zero-order valence-electron chi connectivity index (χ0n) is 34.9. The van der Waals surface area contributed by atoms with Gasteiger partial charge in [0.1, 0.15) is 23.9 Å². The fourth-order valence-corrected chi connectivity index (χ4v) is 8.72. The van der Waals surface area contributed by atoms with Crippen molar-refractivity contribution in [2.75, 3.05) is 35.7 Å². The molecule has 6 rings (SSSR count). The Morgan fingerprint density at radius 2 is 1.22 bits per heavy atom. The van der Waals surface area contributed by atoms with Crippen LogP contribution < -0.4 is 20.9 Å². The molecule has 3 heterocycles. The average molecular weight is 811 g/mol. The predicted molar refractivity (Wildman–Crippen MR) is 226 cm³/mol. The van der Waals surface area contributed by atoms with Crippen molar-refractivity contribution in [3.63, 3.8) is 0 Å². The largest absolute Gasteiger partial charge is 0.453 e. The van der Waals surface area contributed by atoms with Gasteiger partial charge < -0.3 is 35.4 Å². The highest BCUT2D eigenvalue weighted by Crippen LogP contribution is 2.47. The summed E-state index contributed by atoms with van der Waals surface area (Å²) in [4.78, 5) is 71.3. The molecule has 59 heavy (non-hydrogen) atoms. The minimum absolute atomic E-state index is 0.0306. The lowest BCUT2D eigenvalue weighted by atomic mass is 9.97. The maximum atomic E-state index is 14.1. The molecule has 316 valence electrons. The second-order valence-corrected chi connectivity index (χ2v) is 16.4. The lowest BCUT2D eigenvalue weighted by Crippen LogP contribution is -2.54. The number of carbonyl (C=O) groups is 5. The van der Waals surface area contributed by atoms with E-state index in [4.69, 9.17) is 4.74 Å². The third kappa shape index (κ3) is 10.1. The van der Waals surface area contributed by atoms with Crippen molar-refractivity contribution in [2.24, 2.45) is 11.8 Å². The molecule has 0 aromatic heterocycles. The van der Waals surface area contributed by atoms with Gasteiger partial charge in [-0.25, -0.2) is 9.18 Å². The van der Waals surface area contributed by atoms with E-state index < -0.39 is 24.2 Å². The van der Waals surface area contributed by atoms with E-state index in [2.05, 4.69) is 34.7 Å². The molecule has 3 saturated heterocycles. The number of anilines is 3. The van der Waals surface area contributed by atoms with Crippen LogP contribution in [0.2, 0.25) is 0 Å². The number of amides is 5. The standard InChI is InChI=1S/C46H59FN6O6/c1-6-29(3)28-41(54)51-26-8-10-39(51)43(55)48-34-18-12-31(13-19-34)37-24-25-38(53(37)36-22-16-33(47)17-23-36)32-14-20-35(21-15-32)49-44(56)40-11-9-27-52(40)45(57)42(30(4)7-2)50-46(58)59-5/h12-23,29-30,37-40,42H,6-11,24-28H2,1-5H3,(H,48,55)(H,49,56)(H,50,58)/t29-,30-,37+,38+,39-,40-,42-/m0/s1. The molecule has 13 heteroatoms. The van der Waals surface area contributed by atoms with E-state index in [-0.39, 0.29) is 53.4 Å². The van der Waals surface area contributed by atoms with E-state index in [1.54, 1.807) is 21.9 Å². The maximum absolute atomic E-state index is 14.1. The number of hydrogen-bond acceptors (Lipinski definition) is 7. The minimum Gasteiger partial charge on any atom is -0.453 e. The number of likely N-dealkylation sites (tertiary alicyclic amines) is 2. The van der Waals surface area contributed by atoms with E-state index >= 15 is 0 Å². The van der Waals surface area contributed by atoms with Crippen molar-refractivity contribution in [1.29, 1.82) is 0 Å². The average Bonchev–Trinajstić information content (AvgIpc) is 4.04. The second kappa shape index (κ2) is 19.5. The van der Waals surface area contributed by atoms with Gasteiger partial charge in [-0.15, -0.1) is 0 Å². The smallest absolute Gasteiger partial charge is 0.407 e. The summed E-state index contributed by atoms with van der Waals surface area (Å²) in [5.41, 5.74) is 4.23. The van der Waals surface area contributed by atoms with Crippen molar-refractivity contribution in [2.45, 2.75) is 116 Å². The number of alkyl carbamates (subject to hydrolysis) is 1. The first-order chi connectivity index (χ1) is 28.4. The van der Waals surface area contributed by atoms with Gasteiger partial charge >= 0.3 is 6.09 Å². The van der Waals surface area contributed by atoms with E-state index in [1.165, 1.54) is 19.2 Å². The Kier molecular flexibility index (Phi) is 14.3. The fraction of sp³-hybridized carbons (Fsp3) is 0.500. The van der Waals surface area contributed by atoms with Gasteiger partial charge in [0.05, 0.1) is 19.2 Å². The van der Waals surface area contributed by atoms with Gasteiger partial charge in [-0.05, 0) is 110 Å². The number of rotatable bonds is 14. The lowest BCUT2D eigenvalue weighted by Gasteiger charge is -2.33. The van der Waals surface area contributed by atoms with Gasteiger partial charge in [0.15, 0.2) is 0 Å². The molecule has 3 aliphatic heterocycles. The van der Waals surface area contributed by atoms with Crippen LogP contribution in [0.4, 0.5) is 26.2 Å². The summed E-state index contributed by atoms with van der Waals surface area (Å²) in [5.74, 6) is -0.905. The Bertz CT molecular complexity index is 1940. The van der Waals surface area contributed by atoms with Crippen LogP contribution in [-0.2, 0) is 23.9 Å². The molecule has 3 aromatic rings. The molecule has 0 unspecified atom stereocenters. The van der Waals surface area contributed by atoms with Crippen molar-refractivity contribution in [1.82, 2.24) is 15.1 Å². The van der Waals surface area contributed by atoms with E-state index in [1.807, 2.05) is 62.4 Å². The quantitative estimate of drug-likeness (QED) is 0.150. The van der Waals surface area contributed by atoms with Gasteiger partial charge in [0.2, 0.25) is 23.6 Å². The first-order valence-electron chi connectivity index (χ1n) is 21.2. The van der Waals surface area contributed by atoms with Gasteiger partial charge in [-0.3, -0.25) is 19.2 Å². The molecule has 0 spiro atoms. The summed E-state index contributed by atoms with van der Waals surface area (Å²) >= 11 is 0. The Morgan fingerprint density at radius 1 is 0.712 bits per heavy atom. The predicted octanol–water partition coefficient (Wildman–Crippen LogP) is 7.97. The zero-order chi connectivity index (χ0) is 42.2. The molecule has 3 aliphatic rings. The Hall–Kier alpha value is -5.46. The Labute approximate surface area is 347 Å². The number of methoxy groups -OCH3 is 1. The number of nitrogens with one attached hydrogen (secondary N) is 3. The Morgan fingerprint density at radius 3 is 1.71 bits per heavy atom. The molecule has 7 atom stereocenters. The molecule has 5 amide bonds. The molecule has 0 radical (unpaired) electrons. The van der Waals surface area contributed by atoms with Crippen LogP contribution in [-0.4, -0.2) is 77.8 Å². The van der Waals surface area contributed by atoms with Crippen LogP contribution in [0.25, 0.3) is 0 Å². The second-order valence-electron chi connectivity index (χ2n) is 16.4. The number of benzene rings is 3. The first-order valence-corrected chi connectivity index (χ1v) is 21.2. The molecule has 3 aromatic carbocycles. The number of nitrogens with zero attached hydrogens (tertiary/aromatic N) is 3. The first kappa shape index (κ1) is 43.1. The normalized spacial score (nSPS) is 21.8. The molecular formula is C46H59FN6O6. The van der Waals surface area contributed by atoms with Gasteiger partial charge in [0.25, 0.3) is 0 Å². The van der Waals surface area contributed by atoms with E-state index in [9.17, 15) is 28.4 Å². The highest BCUT2D eigenvalue weighted by atomic mass is 19.1. The van der Waals surface area contributed by atoms with Crippen LogP contribution in [0.3, 0.4) is 0 Å². The van der Waals surface area contributed by atoms with E-state index in [0.717, 1.165) is 42.5 Å². The van der Waals surface area contributed by atoms with Crippen LogP contribution in [0, 0.1) is 17.7 Å². The van der Waals surface area contributed by atoms with Crippen molar-refractivity contribution < 1.29 is 33.1 Å². The lowest BCUT2D eigenvalue weighted by molar-refractivity contribution is -0.139. The third-order valence-electron chi connectivity index (χ3n) is 12.5. The highest BCUT2D eigenvalue weighted by molar-refractivity contribution is 5.99. The van der Waals surface area contributed by atoms with Crippen molar-refractivity contribution in [3.8, 4) is 0 Å². The van der Waals surface area contributed by atoms with Crippen molar-refractivity contribution in [3.05, 3.63) is 89.7 Å². The van der Waals surface area contributed by atoms with Crippen LogP contribution in [0.1, 0.15) is 109 Å². The monoisotopic (exact) mass is 810 g/mol. The van der Waals surface area contributed by atoms with Gasteiger partial charge in [0, 0.05) is 36.6 Å². The molecule has 0 saturated carbocycles. The number of carbonyl (C=O) groups excluding carboxylic acids is 5. The van der Waals surface area contributed by atoms with Crippen LogP contribution >= 0.6 is 0 Å². The third-order valence-corrected chi connectivity index (χ3v) is 12.5. The van der Waals surface area contributed by atoms with Crippen LogP contribution in [0.5, 0.6) is 0 Å².